The van der Waals surface area contributed by atoms with Crippen molar-refractivity contribution in [3.63, 3.8) is 0 Å². The molecule has 1 fully saturated rings. The van der Waals surface area contributed by atoms with Gasteiger partial charge in [0.15, 0.2) is 5.65 Å². The van der Waals surface area contributed by atoms with E-state index in [-0.39, 0.29) is 5.91 Å². The van der Waals surface area contributed by atoms with Crippen LogP contribution in [0, 0.1) is 0 Å². The minimum absolute atomic E-state index is 0.257. The second-order valence-corrected chi connectivity index (χ2v) is 8.90. The zero-order chi connectivity index (χ0) is 24.7. The van der Waals surface area contributed by atoms with E-state index >= 15 is 0 Å². The van der Waals surface area contributed by atoms with Crippen molar-refractivity contribution in [3.8, 4) is 0 Å². The lowest BCUT2D eigenvalue weighted by molar-refractivity contribution is -0.111. The third-order valence-electron chi connectivity index (χ3n) is 6.25. The van der Waals surface area contributed by atoms with Gasteiger partial charge in [-0.05, 0) is 69.2 Å². The van der Waals surface area contributed by atoms with Crippen LogP contribution >= 0.6 is 0 Å². The second-order valence-electron chi connectivity index (χ2n) is 8.90. The van der Waals surface area contributed by atoms with Gasteiger partial charge in [0.2, 0.25) is 5.91 Å². The fraction of sp³-hybridized carbons (Fsp3) is 0.308. The van der Waals surface area contributed by atoms with Crippen LogP contribution in [0.3, 0.4) is 0 Å². The molecular weight excluding hydrogens is 454 g/mol. The number of nitrogens with zero attached hydrogens (tertiary/aromatic N) is 6. The van der Waals surface area contributed by atoms with Crippen molar-refractivity contribution in [1.82, 2.24) is 29.3 Å². The maximum atomic E-state index is 11.6. The highest BCUT2D eigenvalue weighted by Gasteiger charge is 2.12. The molecule has 1 aliphatic rings. The van der Waals surface area contributed by atoms with Gasteiger partial charge in [0.25, 0.3) is 0 Å². The number of aromatic nitrogens is 5. The molecule has 3 aromatic heterocycles. The van der Waals surface area contributed by atoms with Crippen molar-refractivity contribution in [2.24, 2.45) is 0 Å². The molecule has 1 amide bonds. The van der Waals surface area contributed by atoms with Gasteiger partial charge in [-0.1, -0.05) is 19.1 Å². The summed E-state index contributed by atoms with van der Waals surface area (Å²) >= 11 is 0. The van der Waals surface area contributed by atoms with E-state index in [1.807, 2.05) is 58.3 Å². The summed E-state index contributed by atoms with van der Waals surface area (Å²) in [4.78, 5) is 23.1. The number of nitrogens with one attached hydrogen (secondary N) is 3. The summed E-state index contributed by atoms with van der Waals surface area (Å²) in [6, 6.07) is 9.39. The van der Waals surface area contributed by atoms with Crippen molar-refractivity contribution in [2.75, 3.05) is 35.7 Å². The predicted octanol–water partition coefficient (Wildman–Crippen LogP) is 4.25. The molecule has 3 N–H and O–H groups in total. The average molecular weight is 486 g/mol. The smallest absolute Gasteiger partial charge is 0.247 e. The van der Waals surface area contributed by atoms with Crippen LogP contribution in [-0.4, -0.2) is 54.9 Å². The number of aryl methyl sites for hydroxylation is 1. The third kappa shape index (κ3) is 5.72. The molecule has 4 aromatic rings. The Morgan fingerprint density at radius 3 is 2.78 bits per heavy atom. The minimum Gasteiger partial charge on any atom is -0.337 e. The summed E-state index contributed by atoms with van der Waals surface area (Å²) in [5.74, 6) is 0.452. The van der Waals surface area contributed by atoms with E-state index in [0.717, 1.165) is 41.9 Å². The molecule has 1 aromatic carbocycles. The maximum Gasteiger partial charge on any atom is 0.247 e. The number of hydrogen-bond acceptors (Lipinski definition) is 7. The number of amides is 1. The molecule has 0 unspecified atom stereocenters. The molecule has 0 atom stereocenters. The zero-order valence-electron chi connectivity index (χ0n) is 20.2. The molecule has 0 saturated carbocycles. The highest BCUT2D eigenvalue weighted by Crippen LogP contribution is 2.24. The Kier molecular flexibility index (Phi) is 7.23. The van der Waals surface area contributed by atoms with Crippen molar-refractivity contribution < 1.29 is 4.79 Å². The number of fused-ring (bicyclic) bond motifs is 1. The van der Waals surface area contributed by atoms with Crippen LogP contribution in [0.5, 0.6) is 0 Å². The van der Waals surface area contributed by atoms with Gasteiger partial charge in [0, 0.05) is 24.6 Å². The number of anilines is 4. The summed E-state index contributed by atoms with van der Waals surface area (Å²) in [7, 11) is 0. The second kappa shape index (κ2) is 11.0. The summed E-state index contributed by atoms with van der Waals surface area (Å²) in [5.41, 5.74) is 6.39. The third-order valence-corrected chi connectivity index (χ3v) is 6.25. The first-order valence-corrected chi connectivity index (χ1v) is 12.3. The SMILES string of the molecule is C=CC(=O)Nc1cccc(Nn2ccc3c(Nc4cnn(CCCN5CCCCC5)c4)ncnc32)c1. The lowest BCUT2D eigenvalue weighted by Gasteiger charge is -2.26. The van der Waals surface area contributed by atoms with Crippen LogP contribution < -0.4 is 16.1 Å². The van der Waals surface area contributed by atoms with Gasteiger partial charge in [-0.15, -0.1) is 0 Å². The summed E-state index contributed by atoms with van der Waals surface area (Å²) in [6.45, 7) is 7.95. The molecule has 1 saturated heterocycles. The average Bonchev–Trinajstić information content (AvgIpc) is 3.52. The zero-order valence-corrected chi connectivity index (χ0v) is 20.2. The molecule has 5 rings (SSSR count). The minimum atomic E-state index is -0.257. The Bertz CT molecular complexity index is 1340. The van der Waals surface area contributed by atoms with Gasteiger partial charge in [-0.25, -0.2) is 14.6 Å². The Morgan fingerprint density at radius 2 is 1.92 bits per heavy atom. The van der Waals surface area contributed by atoms with Gasteiger partial charge in [-0.3, -0.25) is 14.9 Å². The van der Waals surface area contributed by atoms with Gasteiger partial charge in [0.05, 0.1) is 23.0 Å². The highest BCUT2D eigenvalue weighted by atomic mass is 16.1. The van der Waals surface area contributed by atoms with Crippen LogP contribution in [-0.2, 0) is 11.3 Å². The Morgan fingerprint density at radius 1 is 1.06 bits per heavy atom. The molecule has 10 heteroatoms. The van der Waals surface area contributed by atoms with E-state index in [1.165, 1.54) is 44.8 Å². The summed E-state index contributed by atoms with van der Waals surface area (Å²) < 4.78 is 3.80. The molecule has 1 aliphatic heterocycles. The molecule has 10 nitrogen and oxygen atoms in total. The first kappa shape index (κ1) is 23.6. The number of carbonyl (C=O) groups excluding carboxylic acids is 1. The number of benzene rings is 1. The largest absolute Gasteiger partial charge is 0.337 e. The van der Waals surface area contributed by atoms with Crippen LogP contribution in [0.4, 0.5) is 22.9 Å². The van der Waals surface area contributed by atoms with Crippen LogP contribution in [0.15, 0.2) is 67.9 Å². The standard InChI is InChI=1S/C26H31N9O/c1-2-24(36)30-20-8-6-9-21(16-20)32-35-15-10-23-25(27-19-28-26(23)35)31-22-17-29-34(18-22)14-7-13-33-11-4-3-5-12-33/h2,6,8-10,15-19,32H,1,3-5,7,11-14H2,(H,30,36)(H,27,28,31). The number of hydrogen-bond donors (Lipinski definition) is 3. The van der Waals surface area contributed by atoms with E-state index < -0.39 is 0 Å². The van der Waals surface area contributed by atoms with Crippen molar-refractivity contribution in [3.05, 3.63) is 67.9 Å². The lowest BCUT2D eigenvalue weighted by Crippen LogP contribution is -2.31. The first-order chi connectivity index (χ1) is 17.7. The number of carbonyl (C=O) groups is 1. The van der Waals surface area contributed by atoms with Gasteiger partial charge < -0.3 is 15.5 Å². The number of likely N-dealkylation sites (tertiary alicyclic amines) is 1. The molecule has 36 heavy (non-hydrogen) atoms. The molecule has 0 bridgehead atoms. The van der Waals surface area contributed by atoms with Gasteiger partial charge in [-0.2, -0.15) is 5.10 Å². The topological polar surface area (TPSA) is 105 Å². The van der Waals surface area contributed by atoms with Crippen LogP contribution in [0.1, 0.15) is 25.7 Å². The van der Waals surface area contributed by atoms with Crippen LogP contribution in [0.25, 0.3) is 11.0 Å². The van der Waals surface area contributed by atoms with E-state index in [1.54, 1.807) is 0 Å². The lowest BCUT2D eigenvalue weighted by atomic mass is 10.1. The Hall–Kier alpha value is -4.18. The van der Waals surface area contributed by atoms with Crippen molar-refractivity contribution >= 4 is 39.8 Å². The van der Waals surface area contributed by atoms with E-state index in [9.17, 15) is 4.79 Å². The molecule has 4 heterocycles. The Balaban J connectivity index is 1.23. The predicted molar refractivity (Wildman–Crippen MR) is 142 cm³/mol. The fourth-order valence-electron chi connectivity index (χ4n) is 4.47. The molecule has 0 radical (unpaired) electrons. The van der Waals surface area contributed by atoms with E-state index in [2.05, 4.69) is 42.6 Å². The highest BCUT2D eigenvalue weighted by molar-refractivity contribution is 5.99. The maximum absolute atomic E-state index is 11.6. The number of rotatable bonds is 10. The molecule has 0 spiro atoms. The monoisotopic (exact) mass is 485 g/mol. The van der Waals surface area contributed by atoms with Crippen LogP contribution in [0.2, 0.25) is 0 Å². The Labute approximate surface area is 210 Å². The normalized spacial score (nSPS) is 14.0. The van der Waals surface area contributed by atoms with Crippen molar-refractivity contribution in [2.45, 2.75) is 32.2 Å². The quantitative estimate of drug-likeness (QED) is 0.289. The van der Waals surface area contributed by atoms with Gasteiger partial charge >= 0.3 is 0 Å². The fourth-order valence-corrected chi connectivity index (χ4v) is 4.47. The first-order valence-electron chi connectivity index (χ1n) is 12.3. The number of piperidine rings is 1. The van der Waals surface area contributed by atoms with Crippen molar-refractivity contribution in [1.29, 1.82) is 0 Å². The van der Waals surface area contributed by atoms with E-state index in [4.69, 9.17) is 0 Å². The summed E-state index contributed by atoms with van der Waals surface area (Å²) in [6.07, 6.45) is 13.6. The van der Waals surface area contributed by atoms with Gasteiger partial charge in [0.1, 0.15) is 12.1 Å². The molecular formula is C26H31N9O. The molecule has 0 aliphatic carbocycles. The summed E-state index contributed by atoms with van der Waals surface area (Å²) in [5, 5.41) is 11.5. The van der Waals surface area contributed by atoms with E-state index in [0.29, 0.717) is 11.5 Å². The molecule has 186 valence electrons.